The molecule has 0 bridgehead atoms. The highest BCUT2D eigenvalue weighted by atomic mass is 35.5. The third-order valence-corrected chi connectivity index (χ3v) is 4.66. The zero-order chi connectivity index (χ0) is 19.6. The molecule has 0 saturated carbocycles. The van der Waals surface area contributed by atoms with Crippen molar-refractivity contribution in [1.29, 1.82) is 0 Å². The first-order valence-electron chi connectivity index (χ1n) is 8.29. The molecule has 2 N–H and O–H groups in total. The van der Waals surface area contributed by atoms with E-state index in [9.17, 15) is 9.59 Å². The second kappa shape index (κ2) is 7.72. The molecule has 0 radical (unpaired) electrons. The summed E-state index contributed by atoms with van der Waals surface area (Å²) in [6, 6.07) is 12.5. The number of carbonyl (C=O) groups excluding carboxylic acids is 1. The molecule has 1 aromatic heterocycles. The van der Waals surface area contributed by atoms with Gasteiger partial charge in [-0.1, -0.05) is 35.9 Å². The molecule has 1 heterocycles. The van der Waals surface area contributed by atoms with Gasteiger partial charge in [-0.25, -0.2) is 4.79 Å². The molecule has 0 fully saturated rings. The van der Waals surface area contributed by atoms with E-state index >= 15 is 0 Å². The van der Waals surface area contributed by atoms with Crippen LogP contribution in [0.2, 0.25) is 5.02 Å². The minimum atomic E-state index is -0.724. The monoisotopic (exact) mass is 386 g/mol. The van der Waals surface area contributed by atoms with Crippen molar-refractivity contribution in [3.63, 3.8) is 0 Å². The summed E-state index contributed by atoms with van der Waals surface area (Å²) in [6.45, 7) is 1.92. The number of carbonyl (C=O) groups is 1. The van der Waals surface area contributed by atoms with E-state index in [-0.39, 0.29) is 11.6 Å². The summed E-state index contributed by atoms with van der Waals surface area (Å²) in [4.78, 5) is 27.5. The highest BCUT2D eigenvalue weighted by Crippen LogP contribution is 2.32. The molecule has 0 spiro atoms. The number of benzene rings is 2. The first-order valence-corrected chi connectivity index (χ1v) is 8.67. The van der Waals surface area contributed by atoms with E-state index in [1.54, 1.807) is 25.3 Å². The molecule has 2 aromatic carbocycles. The normalized spacial score (nSPS) is 11.9. The van der Waals surface area contributed by atoms with Crippen molar-refractivity contribution in [3.05, 3.63) is 69.0 Å². The summed E-state index contributed by atoms with van der Waals surface area (Å²) < 4.78 is 10.1. The molecular weight excluding hydrogens is 368 g/mol. The Morgan fingerprint density at radius 2 is 1.93 bits per heavy atom. The lowest BCUT2D eigenvalue weighted by molar-refractivity contribution is 0.0600. The van der Waals surface area contributed by atoms with Gasteiger partial charge in [-0.2, -0.15) is 0 Å². The quantitative estimate of drug-likeness (QED) is 0.644. The Morgan fingerprint density at radius 3 is 2.63 bits per heavy atom. The van der Waals surface area contributed by atoms with Crippen LogP contribution in [0.5, 0.6) is 5.75 Å². The first kappa shape index (κ1) is 18.8. The maximum absolute atomic E-state index is 12.5. The minimum absolute atomic E-state index is 0.0954. The summed E-state index contributed by atoms with van der Waals surface area (Å²) in [5, 5.41) is 4.28. The molecule has 0 aliphatic heterocycles. The summed E-state index contributed by atoms with van der Waals surface area (Å²) in [5.41, 5.74) is 1.10. The van der Waals surface area contributed by atoms with Gasteiger partial charge in [-0.15, -0.1) is 0 Å². The van der Waals surface area contributed by atoms with Gasteiger partial charge in [0.2, 0.25) is 0 Å². The maximum Gasteiger partial charge on any atom is 0.345 e. The third-order valence-electron chi connectivity index (χ3n) is 4.34. The van der Waals surface area contributed by atoms with Gasteiger partial charge in [0.15, 0.2) is 0 Å². The lowest BCUT2D eigenvalue weighted by atomic mass is 10.0. The molecule has 6 nitrogen and oxygen atoms in total. The van der Waals surface area contributed by atoms with Crippen LogP contribution in [-0.2, 0) is 4.74 Å². The zero-order valence-corrected chi connectivity index (χ0v) is 15.9. The van der Waals surface area contributed by atoms with Crippen molar-refractivity contribution in [2.75, 3.05) is 19.5 Å². The Kier molecular flexibility index (Phi) is 5.37. The fourth-order valence-electron chi connectivity index (χ4n) is 2.94. The number of rotatable bonds is 5. The molecule has 27 heavy (non-hydrogen) atoms. The van der Waals surface area contributed by atoms with Gasteiger partial charge in [0.1, 0.15) is 11.3 Å². The predicted octanol–water partition coefficient (Wildman–Crippen LogP) is 4.15. The molecule has 0 aliphatic carbocycles. The number of fused-ring (bicyclic) bond motifs is 1. The topological polar surface area (TPSA) is 80.4 Å². The Bertz CT molecular complexity index is 1060. The first-order chi connectivity index (χ1) is 13.0. The molecule has 7 heteroatoms. The number of hydrogen-bond acceptors (Lipinski definition) is 5. The minimum Gasteiger partial charge on any atom is -0.497 e. The third kappa shape index (κ3) is 3.61. The standard InChI is InChI=1S/C20H19ClN2O4/c1-11(12-6-4-7-13(10-12)26-2)22-18-14-8-5-9-15(21)17(14)23-19(24)16(18)20(25)27-3/h4-11H,1-3H3,(H2,22,23,24). The average Bonchev–Trinajstić information content (AvgIpc) is 2.68. The van der Waals surface area contributed by atoms with E-state index in [2.05, 4.69) is 10.3 Å². The number of halogens is 1. The van der Waals surface area contributed by atoms with Crippen LogP contribution >= 0.6 is 11.6 Å². The Morgan fingerprint density at radius 1 is 1.19 bits per heavy atom. The van der Waals surface area contributed by atoms with Crippen molar-refractivity contribution < 1.29 is 14.3 Å². The molecule has 0 aliphatic rings. The zero-order valence-electron chi connectivity index (χ0n) is 15.1. The van der Waals surface area contributed by atoms with Gasteiger partial charge in [0.25, 0.3) is 5.56 Å². The number of nitrogens with one attached hydrogen (secondary N) is 2. The Labute approximate surface area is 161 Å². The summed E-state index contributed by atoms with van der Waals surface area (Å²) in [7, 11) is 2.83. The van der Waals surface area contributed by atoms with E-state index in [0.717, 1.165) is 5.56 Å². The molecule has 140 valence electrons. The number of H-pyrrole nitrogens is 1. The van der Waals surface area contributed by atoms with Crippen LogP contribution in [0.3, 0.4) is 0 Å². The van der Waals surface area contributed by atoms with Gasteiger partial charge in [0, 0.05) is 11.4 Å². The number of aromatic nitrogens is 1. The van der Waals surface area contributed by atoms with Crippen LogP contribution < -0.4 is 15.6 Å². The van der Waals surface area contributed by atoms with Crippen LogP contribution in [0.4, 0.5) is 5.69 Å². The number of methoxy groups -OCH3 is 2. The van der Waals surface area contributed by atoms with Crippen LogP contribution in [-0.4, -0.2) is 25.2 Å². The largest absolute Gasteiger partial charge is 0.497 e. The number of para-hydroxylation sites is 1. The summed E-state index contributed by atoms with van der Waals surface area (Å²) >= 11 is 6.23. The number of ether oxygens (including phenoxy) is 2. The number of esters is 1. The maximum atomic E-state index is 12.5. The Hall–Kier alpha value is -2.99. The number of hydrogen-bond donors (Lipinski definition) is 2. The second-order valence-corrected chi connectivity index (χ2v) is 6.41. The van der Waals surface area contributed by atoms with Gasteiger partial charge < -0.3 is 19.8 Å². The van der Waals surface area contributed by atoms with Crippen molar-refractivity contribution in [2.45, 2.75) is 13.0 Å². The van der Waals surface area contributed by atoms with E-state index in [4.69, 9.17) is 21.1 Å². The highest BCUT2D eigenvalue weighted by molar-refractivity contribution is 6.35. The van der Waals surface area contributed by atoms with Crippen LogP contribution in [0, 0.1) is 0 Å². The van der Waals surface area contributed by atoms with Crippen molar-refractivity contribution in [3.8, 4) is 5.75 Å². The van der Waals surface area contributed by atoms with Crippen molar-refractivity contribution in [1.82, 2.24) is 4.98 Å². The van der Waals surface area contributed by atoms with E-state index in [0.29, 0.717) is 27.4 Å². The van der Waals surface area contributed by atoms with Crippen LogP contribution in [0.15, 0.2) is 47.3 Å². The van der Waals surface area contributed by atoms with Crippen molar-refractivity contribution in [2.24, 2.45) is 0 Å². The van der Waals surface area contributed by atoms with Gasteiger partial charge in [-0.05, 0) is 30.7 Å². The SMILES string of the molecule is COC(=O)c1c(NC(C)c2cccc(OC)c2)c2cccc(Cl)c2[nH]c1=O. The molecule has 1 atom stereocenters. The molecule has 3 rings (SSSR count). The summed E-state index contributed by atoms with van der Waals surface area (Å²) in [6.07, 6.45) is 0. The number of pyridine rings is 1. The van der Waals surface area contributed by atoms with E-state index < -0.39 is 11.5 Å². The second-order valence-electron chi connectivity index (χ2n) is 6.00. The smallest absolute Gasteiger partial charge is 0.345 e. The van der Waals surface area contributed by atoms with Gasteiger partial charge >= 0.3 is 5.97 Å². The lowest BCUT2D eigenvalue weighted by Crippen LogP contribution is -2.23. The predicted molar refractivity (Wildman–Crippen MR) is 106 cm³/mol. The van der Waals surface area contributed by atoms with Crippen LogP contribution in [0.25, 0.3) is 10.9 Å². The molecule has 1 unspecified atom stereocenters. The average molecular weight is 387 g/mol. The fourth-order valence-corrected chi connectivity index (χ4v) is 3.16. The Balaban J connectivity index is 2.17. The molecule has 3 aromatic rings. The van der Waals surface area contributed by atoms with Crippen LogP contribution in [0.1, 0.15) is 28.9 Å². The van der Waals surface area contributed by atoms with Crippen molar-refractivity contribution >= 4 is 34.2 Å². The van der Waals surface area contributed by atoms with E-state index in [1.807, 2.05) is 31.2 Å². The van der Waals surface area contributed by atoms with Gasteiger partial charge in [0.05, 0.1) is 30.4 Å². The fraction of sp³-hybridized carbons (Fsp3) is 0.200. The number of aromatic amines is 1. The molecule has 0 saturated heterocycles. The molecular formula is C20H19ClN2O4. The van der Waals surface area contributed by atoms with Gasteiger partial charge in [-0.3, -0.25) is 4.79 Å². The molecule has 0 amide bonds. The highest BCUT2D eigenvalue weighted by Gasteiger charge is 2.22. The lowest BCUT2D eigenvalue weighted by Gasteiger charge is -2.20. The summed E-state index contributed by atoms with van der Waals surface area (Å²) in [5.74, 6) is -0.00776. The number of anilines is 1. The van der Waals surface area contributed by atoms with E-state index in [1.165, 1.54) is 7.11 Å².